The van der Waals surface area contributed by atoms with E-state index >= 15 is 0 Å². The standard InChI is InChI=1S/C12H13ClFNO4S/c13-9-7-8(3-4-10(9)14)20(18,19)15-12(11(16)17)5-1-2-6-12/h3-4,7,15H,1-2,5-6H2,(H,16,17). The first kappa shape index (κ1) is 15.2. The van der Waals surface area contributed by atoms with Gasteiger partial charge in [-0.3, -0.25) is 4.79 Å². The Morgan fingerprint density at radius 1 is 1.35 bits per heavy atom. The molecule has 2 rings (SSSR count). The van der Waals surface area contributed by atoms with E-state index in [0.29, 0.717) is 12.8 Å². The second-order valence-corrected chi connectivity index (χ2v) is 6.87. The molecule has 5 nitrogen and oxygen atoms in total. The number of aliphatic carboxylic acids is 1. The van der Waals surface area contributed by atoms with Crippen LogP contribution in [0.3, 0.4) is 0 Å². The molecule has 1 aromatic carbocycles. The van der Waals surface area contributed by atoms with Crippen molar-refractivity contribution in [2.24, 2.45) is 0 Å². The van der Waals surface area contributed by atoms with Crippen molar-refractivity contribution in [3.63, 3.8) is 0 Å². The van der Waals surface area contributed by atoms with Gasteiger partial charge in [0.1, 0.15) is 11.4 Å². The van der Waals surface area contributed by atoms with E-state index in [1.54, 1.807) is 0 Å². The highest BCUT2D eigenvalue weighted by Gasteiger charge is 2.44. The third kappa shape index (κ3) is 2.79. The maximum absolute atomic E-state index is 13.1. The van der Waals surface area contributed by atoms with Crippen molar-refractivity contribution < 1.29 is 22.7 Å². The topological polar surface area (TPSA) is 83.5 Å². The second-order valence-electron chi connectivity index (χ2n) is 4.78. The van der Waals surface area contributed by atoms with Gasteiger partial charge in [0.05, 0.1) is 9.92 Å². The van der Waals surface area contributed by atoms with Gasteiger partial charge in [0.15, 0.2) is 0 Å². The minimum absolute atomic E-state index is 0.233. The monoisotopic (exact) mass is 321 g/mol. The number of benzene rings is 1. The molecule has 1 saturated carbocycles. The number of hydrogen-bond acceptors (Lipinski definition) is 3. The molecule has 2 N–H and O–H groups in total. The van der Waals surface area contributed by atoms with Crippen LogP contribution in [-0.4, -0.2) is 25.0 Å². The summed E-state index contributed by atoms with van der Waals surface area (Å²) in [5.74, 6) is -1.94. The lowest BCUT2D eigenvalue weighted by Gasteiger charge is -2.25. The van der Waals surface area contributed by atoms with E-state index in [4.69, 9.17) is 11.6 Å². The van der Waals surface area contributed by atoms with Crippen LogP contribution in [0.1, 0.15) is 25.7 Å². The fraction of sp³-hybridized carbons (Fsp3) is 0.417. The summed E-state index contributed by atoms with van der Waals surface area (Å²) in [4.78, 5) is 11.1. The van der Waals surface area contributed by atoms with E-state index in [9.17, 15) is 22.7 Å². The van der Waals surface area contributed by atoms with Crippen LogP contribution in [0.15, 0.2) is 23.1 Å². The molecule has 0 radical (unpaired) electrons. The number of halogens is 2. The van der Waals surface area contributed by atoms with Crippen molar-refractivity contribution in [2.75, 3.05) is 0 Å². The first-order chi connectivity index (χ1) is 9.27. The van der Waals surface area contributed by atoms with Crippen molar-refractivity contribution in [3.8, 4) is 0 Å². The number of sulfonamides is 1. The normalized spacial score (nSPS) is 18.1. The maximum Gasteiger partial charge on any atom is 0.324 e. The lowest BCUT2D eigenvalue weighted by molar-refractivity contribution is -0.143. The zero-order chi connectivity index (χ0) is 15.0. The van der Waals surface area contributed by atoms with Gasteiger partial charge in [-0.1, -0.05) is 24.4 Å². The first-order valence-electron chi connectivity index (χ1n) is 5.99. The van der Waals surface area contributed by atoms with Gasteiger partial charge in [-0.2, -0.15) is 4.72 Å². The molecular formula is C12H13ClFNO4S. The van der Waals surface area contributed by atoms with Gasteiger partial charge in [-0.25, -0.2) is 12.8 Å². The summed E-state index contributed by atoms with van der Waals surface area (Å²) >= 11 is 5.55. The van der Waals surface area contributed by atoms with Crippen LogP contribution in [0.25, 0.3) is 0 Å². The van der Waals surface area contributed by atoms with E-state index in [-0.39, 0.29) is 22.8 Å². The Morgan fingerprint density at radius 3 is 2.45 bits per heavy atom. The second kappa shape index (κ2) is 5.31. The molecule has 0 aromatic heterocycles. The molecule has 0 unspecified atom stereocenters. The van der Waals surface area contributed by atoms with Gasteiger partial charge < -0.3 is 5.11 Å². The third-order valence-corrected chi connectivity index (χ3v) is 5.22. The highest BCUT2D eigenvalue weighted by Crippen LogP contribution is 2.32. The van der Waals surface area contributed by atoms with E-state index < -0.39 is 27.3 Å². The van der Waals surface area contributed by atoms with E-state index in [1.807, 2.05) is 0 Å². The Kier molecular flexibility index (Phi) is 4.04. The predicted octanol–water partition coefficient (Wildman–Crippen LogP) is 2.15. The number of carboxylic acids is 1. The van der Waals surface area contributed by atoms with Crippen molar-refractivity contribution in [2.45, 2.75) is 36.1 Å². The maximum atomic E-state index is 13.1. The molecule has 0 heterocycles. The number of carboxylic acid groups (broad SMARTS) is 1. The van der Waals surface area contributed by atoms with Crippen LogP contribution < -0.4 is 4.72 Å². The summed E-state index contributed by atoms with van der Waals surface area (Å²) in [6.45, 7) is 0. The van der Waals surface area contributed by atoms with Gasteiger partial charge in [0.25, 0.3) is 0 Å². The molecule has 1 aliphatic carbocycles. The quantitative estimate of drug-likeness (QED) is 0.890. The van der Waals surface area contributed by atoms with Crippen LogP contribution in [0, 0.1) is 5.82 Å². The molecule has 1 aromatic rings. The summed E-state index contributed by atoms with van der Waals surface area (Å²) in [5, 5.41) is 8.93. The fourth-order valence-corrected chi connectivity index (χ4v) is 3.99. The van der Waals surface area contributed by atoms with Gasteiger partial charge in [-0.05, 0) is 31.0 Å². The first-order valence-corrected chi connectivity index (χ1v) is 7.85. The Bertz CT molecular complexity index is 641. The average Bonchev–Trinajstić information content (AvgIpc) is 2.81. The smallest absolute Gasteiger partial charge is 0.324 e. The molecule has 0 spiro atoms. The SMILES string of the molecule is O=C(O)C1(NS(=O)(=O)c2ccc(F)c(Cl)c2)CCCC1. The summed E-state index contributed by atoms with van der Waals surface area (Å²) in [6, 6.07) is 2.94. The van der Waals surface area contributed by atoms with Gasteiger partial charge in [-0.15, -0.1) is 0 Å². The van der Waals surface area contributed by atoms with Crippen LogP contribution in [-0.2, 0) is 14.8 Å². The Hall–Kier alpha value is -1.18. The molecule has 20 heavy (non-hydrogen) atoms. The minimum Gasteiger partial charge on any atom is -0.480 e. The molecule has 0 atom stereocenters. The number of hydrogen-bond donors (Lipinski definition) is 2. The Labute approximate surface area is 120 Å². The van der Waals surface area contributed by atoms with Crippen LogP contribution in [0.5, 0.6) is 0 Å². The zero-order valence-corrected chi connectivity index (χ0v) is 12.0. The summed E-state index contributed by atoms with van der Waals surface area (Å²) in [6.07, 6.45) is 1.74. The number of nitrogens with one attached hydrogen (secondary N) is 1. The molecule has 0 aliphatic heterocycles. The molecule has 8 heteroatoms. The van der Waals surface area contributed by atoms with E-state index in [0.717, 1.165) is 18.2 Å². The van der Waals surface area contributed by atoms with Crippen LogP contribution in [0.2, 0.25) is 5.02 Å². The van der Waals surface area contributed by atoms with Gasteiger partial charge in [0, 0.05) is 0 Å². The van der Waals surface area contributed by atoms with Crippen LogP contribution in [0.4, 0.5) is 4.39 Å². The van der Waals surface area contributed by atoms with Crippen molar-refractivity contribution >= 4 is 27.6 Å². The molecule has 0 amide bonds. The minimum atomic E-state index is -4.07. The summed E-state index contributed by atoms with van der Waals surface area (Å²) in [7, 11) is -4.07. The third-order valence-electron chi connectivity index (χ3n) is 3.40. The molecule has 110 valence electrons. The lowest BCUT2D eigenvalue weighted by Crippen LogP contribution is -2.52. The molecular weight excluding hydrogens is 309 g/mol. The molecule has 1 fully saturated rings. The molecule has 0 bridgehead atoms. The van der Waals surface area contributed by atoms with Crippen LogP contribution >= 0.6 is 11.6 Å². The Balaban J connectivity index is 2.35. The Morgan fingerprint density at radius 2 is 1.95 bits per heavy atom. The van der Waals surface area contributed by atoms with Crippen molar-refractivity contribution in [1.29, 1.82) is 0 Å². The van der Waals surface area contributed by atoms with Gasteiger partial charge in [0.2, 0.25) is 10.0 Å². The largest absolute Gasteiger partial charge is 0.480 e. The van der Waals surface area contributed by atoms with Gasteiger partial charge >= 0.3 is 5.97 Å². The van der Waals surface area contributed by atoms with E-state index in [2.05, 4.69) is 4.72 Å². The fourth-order valence-electron chi connectivity index (χ4n) is 2.30. The predicted molar refractivity (Wildman–Crippen MR) is 70.6 cm³/mol. The zero-order valence-electron chi connectivity index (χ0n) is 10.4. The van der Waals surface area contributed by atoms with E-state index in [1.165, 1.54) is 0 Å². The number of carbonyl (C=O) groups is 1. The highest BCUT2D eigenvalue weighted by molar-refractivity contribution is 7.89. The summed E-state index contributed by atoms with van der Waals surface area (Å²) < 4.78 is 39.7. The molecule has 1 aliphatic rings. The highest BCUT2D eigenvalue weighted by atomic mass is 35.5. The summed E-state index contributed by atoms with van der Waals surface area (Å²) in [5.41, 5.74) is -1.49. The lowest BCUT2D eigenvalue weighted by atomic mass is 10.0. The molecule has 0 saturated heterocycles. The number of rotatable bonds is 4. The van der Waals surface area contributed by atoms with Crippen molar-refractivity contribution in [3.05, 3.63) is 29.0 Å². The average molecular weight is 322 g/mol. The van der Waals surface area contributed by atoms with Crippen molar-refractivity contribution in [1.82, 2.24) is 4.72 Å².